The summed E-state index contributed by atoms with van der Waals surface area (Å²) < 4.78 is 27.3. The Kier molecular flexibility index (Phi) is 3.00. The smallest absolute Gasteiger partial charge is 0.202 e. The van der Waals surface area contributed by atoms with E-state index in [1.807, 2.05) is 18.5 Å². The number of nitrogens with two attached hydrogens (primary N) is 1. The van der Waals surface area contributed by atoms with E-state index < -0.39 is 9.84 Å². The molecule has 1 saturated heterocycles. The summed E-state index contributed by atoms with van der Waals surface area (Å²) in [5, 5.41) is 4.43. The highest BCUT2D eigenvalue weighted by atomic mass is 32.2. The molecule has 0 radical (unpaired) electrons. The number of imidazole rings is 1. The maximum Gasteiger partial charge on any atom is 0.202 e. The van der Waals surface area contributed by atoms with Crippen LogP contribution < -0.4 is 5.73 Å². The van der Waals surface area contributed by atoms with Crippen molar-refractivity contribution in [3.8, 4) is 0 Å². The van der Waals surface area contributed by atoms with Crippen LogP contribution in [0.25, 0.3) is 11.2 Å². The molecular formula is C12H19N5O2S. The van der Waals surface area contributed by atoms with Gasteiger partial charge in [-0.25, -0.2) is 13.4 Å². The minimum absolute atomic E-state index is 0.134. The van der Waals surface area contributed by atoms with Crippen LogP contribution >= 0.6 is 0 Å². The molecule has 110 valence electrons. The standard InChI is InChI=1S/C12H19N5O2S/c1-3-9-10-11(16(2)15-9)17(12(13)14-10)8-5-4-6-20(18,19)7-8/h8H,3-7H2,1-2H3,(H2,13,14). The Morgan fingerprint density at radius 2 is 2.20 bits per heavy atom. The number of hydrogen-bond acceptors (Lipinski definition) is 5. The molecule has 0 bridgehead atoms. The zero-order valence-electron chi connectivity index (χ0n) is 11.7. The maximum absolute atomic E-state index is 11.9. The van der Waals surface area contributed by atoms with E-state index in [1.165, 1.54) is 0 Å². The van der Waals surface area contributed by atoms with Gasteiger partial charge in [-0.1, -0.05) is 6.92 Å². The molecule has 20 heavy (non-hydrogen) atoms. The molecule has 3 rings (SSSR count). The van der Waals surface area contributed by atoms with Crippen molar-refractivity contribution in [2.75, 3.05) is 17.2 Å². The Hall–Kier alpha value is -1.57. The zero-order valence-corrected chi connectivity index (χ0v) is 12.5. The fraction of sp³-hybridized carbons (Fsp3) is 0.667. The second-order valence-electron chi connectivity index (χ2n) is 5.35. The molecule has 7 nitrogen and oxygen atoms in total. The zero-order chi connectivity index (χ0) is 14.5. The van der Waals surface area contributed by atoms with Crippen LogP contribution in [0.5, 0.6) is 0 Å². The average Bonchev–Trinajstić information content (AvgIpc) is 2.85. The largest absolute Gasteiger partial charge is 0.369 e. The summed E-state index contributed by atoms with van der Waals surface area (Å²) in [5.74, 6) is 0.784. The first kappa shape index (κ1) is 13.4. The molecule has 1 aliphatic heterocycles. The topological polar surface area (TPSA) is 95.8 Å². The molecule has 0 amide bonds. The lowest BCUT2D eigenvalue weighted by molar-refractivity contribution is 0.477. The quantitative estimate of drug-likeness (QED) is 0.878. The van der Waals surface area contributed by atoms with E-state index in [0.717, 1.165) is 29.7 Å². The van der Waals surface area contributed by atoms with E-state index in [0.29, 0.717) is 12.4 Å². The predicted octanol–water partition coefficient (Wildman–Crippen LogP) is 0.664. The number of anilines is 1. The van der Waals surface area contributed by atoms with Crippen molar-refractivity contribution < 1.29 is 8.42 Å². The van der Waals surface area contributed by atoms with Crippen molar-refractivity contribution in [1.82, 2.24) is 19.3 Å². The molecule has 3 heterocycles. The Labute approximate surface area is 117 Å². The summed E-state index contributed by atoms with van der Waals surface area (Å²) >= 11 is 0. The fourth-order valence-electron chi connectivity index (χ4n) is 3.02. The summed E-state index contributed by atoms with van der Waals surface area (Å²) in [6, 6.07) is -0.140. The van der Waals surface area contributed by atoms with Crippen LogP contribution in [0.4, 0.5) is 5.95 Å². The van der Waals surface area contributed by atoms with Gasteiger partial charge in [0.1, 0.15) is 5.52 Å². The van der Waals surface area contributed by atoms with Crippen molar-refractivity contribution in [2.45, 2.75) is 32.2 Å². The molecule has 2 N–H and O–H groups in total. The minimum atomic E-state index is -2.99. The Balaban J connectivity index is 2.16. The third-order valence-corrected chi connectivity index (χ3v) is 5.71. The van der Waals surface area contributed by atoms with Crippen molar-refractivity contribution in [1.29, 1.82) is 0 Å². The van der Waals surface area contributed by atoms with Gasteiger partial charge in [0.2, 0.25) is 5.95 Å². The number of fused-ring (bicyclic) bond motifs is 1. The van der Waals surface area contributed by atoms with Crippen molar-refractivity contribution in [3.63, 3.8) is 0 Å². The lowest BCUT2D eigenvalue weighted by atomic mass is 10.2. The van der Waals surface area contributed by atoms with Gasteiger partial charge in [-0.05, 0) is 19.3 Å². The highest BCUT2D eigenvalue weighted by Crippen LogP contribution is 2.31. The third kappa shape index (κ3) is 1.98. The first-order valence-electron chi connectivity index (χ1n) is 6.82. The summed E-state index contributed by atoms with van der Waals surface area (Å²) in [7, 11) is -1.15. The molecule has 0 aromatic carbocycles. The minimum Gasteiger partial charge on any atom is -0.369 e. The van der Waals surface area contributed by atoms with Gasteiger partial charge >= 0.3 is 0 Å². The number of rotatable bonds is 2. The average molecular weight is 297 g/mol. The normalized spacial score (nSPS) is 22.4. The molecule has 1 atom stereocenters. The van der Waals surface area contributed by atoms with Crippen LogP contribution in [0.3, 0.4) is 0 Å². The van der Waals surface area contributed by atoms with Crippen LogP contribution in [0.1, 0.15) is 31.5 Å². The molecule has 0 aliphatic carbocycles. The van der Waals surface area contributed by atoms with E-state index >= 15 is 0 Å². The van der Waals surface area contributed by atoms with Gasteiger partial charge in [-0.2, -0.15) is 5.10 Å². The van der Waals surface area contributed by atoms with Gasteiger partial charge in [0, 0.05) is 7.05 Å². The fourth-order valence-corrected chi connectivity index (χ4v) is 4.70. The van der Waals surface area contributed by atoms with Gasteiger partial charge < -0.3 is 5.73 Å². The first-order valence-corrected chi connectivity index (χ1v) is 8.64. The molecule has 2 aromatic rings. The van der Waals surface area contributed by atoms with E-state index in [1.54, 1.807) is 4.68 Å². The summed E-state index contributed by atoms with van der Waals surface area (Å²) in [6.07, 6.45) is 2.25. The second-order valence-corrected chi connectivity index (χ2v) is 7.58. The van der Waals surface area contributed by atoms with Crippen LogP contribution in [-0.2, 0) is 23.3 Å². The van der Waals surface area contributed by atoms with Crippen LogP contribution in [0.15, 0.2) is 0 Å². The molecule has 2 aromatic heterocycles. The summed E-state index contributed by atoms with van der Waals surface area (Å²) in [6.45, 7) is 2.02. The summed E-state index contributed by atoms with van der Waals surface area (Å²) in [5.41, 5.74) is 8.53. The molecule has 1 fully saturated rings. The number of hydrogen-bond donors (Lipinski definition) is 1. The third-order valence-electron chi connectivity index (χ3n) is 3.90. The Morgan fingerprint density at radius 1 is 1.45 bits per heavy atom. The Bertz CT molecular complexity index is 758. The number of nitrogen functional groups attached to an aromatic ring is 1. The van der Waals surface area contributed by atoms with E-state index in [-0.39, 0.29) is 17.5 Å². The van der Waals surface area contributed by atoms with E-state index in [9.17, 15) is 8.42 Å². The molecule has 1 unspecified atom stereocenters. The number of nitrogens with zero attached hydrogens (tertiary/aromatic N) is 4. The highest BCUT2D eigenvalue weighted by Gasteiger charge is 2.30. The molecule has 0 spiro atoms. The van der Waals surface area contributed by atoms with Gasteiger partial charge in [0.05, 0.1) is 23.2 Å². The van der Waals surface area contributed by atoms with Crippen molar-refractivity contribution in [2.24, 2.45) is 7.05 Å². The van der Waals surface area contributed by atoms with Gasteiger partial charge in [-0.15, -0.1) is 0 Å². The van der Waals surface area contributed by atoms with E-state index in [4.69, 9.17) is 5.73 Å². The van der Waals surface area contributed by atoms with Crippen molar-refractivity contribution in [3.05, 3.63) is 5.69 Å². The van der Waals surface area contributed by atoms with Crippen LogP contribution in [0, 0.1) is 0 Å². The molecular weight excluding hydrogens is 278 g/mol. The van der Waals surface area contributed by atoms with Crippen molar-refractivity contribution >= 4 is 26.9 Å². The lowest BCUT2D eigenvalue weighted by Crippen LogP contribution is -2.28. The lowest BCUT2D eigenvalue weighted by Gasteiger charge is -2.24. The molecule has 0 saturated carbocycles. The summed E-state index contributed by atoms with van der Waals surface area (Å²) in [4.78, 5) is 4.39. The van der Waals surface area contributed by atoms with Gasteiger partial charge in [-0.3, -0.25) is 9.25 Å². The second kappa shape index (κ2) is 4.47. The number of aromatic nitrogens is 4. The predicted molar refractivity (Wildman–Crippen MR) is 77.2 cm³/mol. The highest BCUT2D eigenvalue weighted by molar-refractivity contribution is 7.91. The first-order chi connectivity index (χ1) is 9.43. The number of aryl methyl sites for hydroxylation is 2. The Morgan fingerprint density at radius 3 is 2.85 bits per heavy atom. The molecule has 8 heteroatoms. The van der Waals surface area contributed by atoms with Crippen LogP contribution in [-0.4, -0.2) is 39.3 Å². The molecule has 1 aliphatic rings. The van der Waals surface area contributed by atoms with E-state index in [2.05, 4.69) is 10.1 Å². The monoisotopic (exact) mass is 297 g/mol. The SMILES string of the molecule is CCc1nn(C)c2c1nc(N)n2C1CCCS(=O)(=O)C1. The van der Waals surface area contributed by atoms with Crippen LogP contribution in [0.2, 0.25) is 0 Å². The number of sulfone groups is 1. The van der Waals surface area contributed by atoms with Gasteiger partial charge in [0.15, 0.2) is 15.5 Å². The maximum atomic E-state index is 11.9. The van der Waals surface area contributed by atoms with Gasteiger partial charge in [0.25, 0.3) is 0 Å².